The summed E-state index contributed by atoms with van der Waals surface area (Å²) >= 11 is 0. The van der Waals surface area contributed by atoms with Gasteiger partial charge in [-0.3, -0.25) is 15.0 Å². The van der Waals surface area contributed by atoms with Gasteiger partial charge in [-0.2, -0.15) is 0 Å². The lowest BCUT2D eigenvalue weighted by Gasteiger charge is -2.07. The van der Waals surface area contributed by atoms with E-state index >= 15 is 0 Å². The van der Waals surface area contributed by atoms with Crippen molar-refractivity contribution in [3.8, 4) is 0 Å². The fourth-order valence-corrected chi connectivity index (χ4v) is 2.36. The Kier molecular flexibility index (Phi) is 2.52. The Bertz CT molecular complexity index is 417. The van der Waals surface area contributed by atoms with Gasteiger partial charge in [0.05, 0.1) is 11.4 Å². The molecular weight excluding hydrogens is 198 g/mol. The van der Waals surface area contributed by atoms with Gasteiger partial charge in [-0.1, -0.05) is 0 Å². The van der Waals surface area contributed by atoms with Gasteiger partial charge in [0.15, 0.2) is 0 Å². The summed E-state index contributed by atoms with van der Waals surface area (Å²) in [6.45, 7) is 1.92. The third-order valence-corrected chi connectivity index (χ3v) is 3.14. The fourth-order valence-electron chi connectivity index (χ4n) is 2.36. The van der Waals surface area contributed by atoms with Crippen molar-refractivity contribution < 1.29 is 0 Å². The second kappa shape index (κ2) is 4.16. The van der Waals surface area contributed by atoms with E-state index in [0.29, 0.717) is 0 Å². The highest BCUT2D eigenvalue weighted by Gasteiger charge is 2.18. The molecule has 0 bridgehead atoms. The zero-order valence-electron chi connectivity index (χ0n) is 9.32. The van der Waals surface area contributed by atoms with E-state index < -0.39 is 0 Å². The van der Waals surface area contributed by atoms with Gasteiger partial charge in [-0.05, 0) is 37.8 Å². The van der Waals surface area contributed by atoms with E-state index in [1.165, 1.54) is 23.4 Å². The van der Waals surface area contributed by atoms with Crippen LogP contribution in [0.5, 0.6) is 0 Å². The molecule has 1 aromatic rings. The zero-order valence-corrected chi connectivity index (χ0v) is 9.32. The molecule has 0 N–H and O–H groups in total. The standard InChI is InChI=1S/C13H15N3/c1-4-10(11-5-2-7-14-11)13(16-9-1)12-6-3-8-15-12/h1,4,9H,2-3,5-8H2. The molecule has 0 radical (unpaired) electrons. The van der Waals surface area contributed by atoms with Crippen molar-refractivity contribution >= 4 is 11.4 Å². The lowest BCUT2D eigenvalue weighted by molar-refractivity contribution is 0.950. The van der Waals surface area contributed by atoms with Crippen LogP contribution < -0.4 is 0 Å². The highest BCUT2D eigenvalue weighted by molar-refractivity contribution is 6.12. The topological polar surface area (TPSA) is 37.6 Å². The van der Waals surface area contributed by atoms with E-state index in [2.05, 4.69) is 21.0 Å². The van der Waals surface area contributed by atoms with Gasteiger partial charge >= 0.3 is 0 Å². The summed E-state index contributed by atoms with van der Waals surface area (Å²) in [4.78, 5) is 13.6. The monoisotopic (exact) mass is 213 g/mol. The van der Waals surface area contributed by atoms with E-state index in [4.69, 9.17) is 0 Å². The summed E-state index contributed by atoms with van der Waals surface area (Å²) in [5.74, 6) is 0. The molecule has 0 saturated carbocycles. The minimum Gasteiger partial charge on any atom is -0.289 e. The van der Waals surface area contributed by atoms with Crippen LogP contribution in [0.4, 0.5) is 0 Å². The highest BCUT2D eigenvalue weighted by Crippen LogP contribution is 2.19. The van der Waals surface area contributed by atoms with Crippen molar-refractivity contribution in [3.63, 3.8) is 0 Å². The van der Waals surface area contributed by atoms with Crippen molar-refractivity contribution in [3.05, 3.63) is 29.6 Å². The SMILES string of the molecule is c1cnc(C2=NCCC2)c(C2=NCCC2)c1. The molecule has 3 nitrogen and oxygen atoms in total. The summed E-state index contributed by atoms with van der Waals surface area (Å²) in [5.41, 5.74) is 4.67. The van der Waals surface area contributed by atoms with Gasteiger partial charge in [0, 0.05) is 30.6 Å². The van der Waals surface area contributed by atoms with Crippen LogP contribution in [-0.2, 0) is 0 Å². The van der Waals surface area contributed by atoms with Crippen molar-refractivity contribution in [2.24, 2.45) is 9.98 Å². The fraction of sp³-hybridized carbons (Fsp3) is 0.462. The summed E-state index contributed by atoms with van der Waals surface area (Å²) < 4.78 is 0. The molecule has 1 aromatic heterocycles. The first-order chi connectivity index (χ1) is 7.95. The normalized spacial score (nSPS) is 19.8. The minimum absolute atomic E-state index is 0.956. The summed E-state index contributed by atoms with van der Waals surface area (Å²) in [5, 5.41) is 0. The molecule has 2 aliphatic heterocycles. The molecule has 0 saturated heterocycles. The third-order valence-electron chi connectivity index (χ3n) is 3.14. The van der Waals surface area contributed by atoms with E-state index in [-0.39, 0.29) is 0 Å². The van der Waals surface area contributed by atoms with Crippen molar-refractivity contribution in [2.45, 2.75) is 25.7 Å². The van der Waals surface area contributed by atoms with Crippen LogP contribution >= 0.6 is 0 Å². The molecule has 0 aliphatic carbocycles. The van der Waals surface area contributed by atoms with Crippen LogP contribution in [0.2, 0.25) is 0 Å². The molecule has 0 spiro atoms. The first kappa shape index (κ1) is 9.70. The van der Waals surface area contributed by atoms with Crippen LogP contribution in [0.15, 0.2) is 28.3 Å². The quantitative estimate of drug-likeness (QED) is 0.742. The Hall–Kier alpha value is -1.51. The van der Waals surface area contributed by atoms with Crippen LogP contribution in [0, 0.1) is 0 Å². The van der Waals surface area contributed by atoms with Crippen LogP contribution in [0.1, 0.15) is 36.9 Å². The highest BCUT2D eigenvalue weighted by atomic mass is 14.8. The van der Waals surface area contributed by atoms with Gasteiger partial charge in [0.1, 0.15) is 0 Å². The Morgan fingerprint density at radius 1 is 0.938 bits per heavy atom. The molecular formula is C13H15N3. The molecule has 0 atom stereocenters. The van der Waals surface area contributed by atoms with Crippen molar-refractivity contribution in [2.75, 3.05) is 13.1 Å². The smallest absolute Gasteiger partial charge is 0.0930 e. The molecule has 0 unspecified atom stereocenters. The van der Waals surface area contributed by atoms with Gasteiger partial charge in [0.2, 0.25) is 0 Å². The number of hydrogen-bond acceptors (Lipinski definition) is 3. The average Bonchev–Trinajstić information content (AvgIpc) is 3.03. The Morgan fingerprint density at radius 2 is 1.69 bits per heavy atom. The average molecular weight is 213 g/mol. The molecule has 2 aliphatic rings. The van der Waals surface area contributed by atoms with E-state index in [9.17, 15) is 0 Å². The van der Waals surface area contributed by atoms with Crippen molar-refractivity contribution in [1.29, 1.82) is 0 Å². The van der Waals surface area contributed by atoms with E-state index in [0.717, 1.165) is 38.0 Å². The lowest BCUT2D eigenvalue weighted by Crippen LogP contribution is -2.09. The van der Waals surface area contributed by atoms with E-state index in [1.807, 2.05) is 12.3 Å². The third kappa shape index (κ3) is 1.66. The maximum atomic E-state index is 4.56. The van der Waals surface area contributed by atoms with Gasteiger partial charge in [-0.25, -0.2) is 0 Å². The Morgan fingerprint density at radius 3 is 2.38 bits per heavy atom. The maximum Gasteiger partial charge on any atom is 0.0930 e. The first-order valence-electron chi connectivity index (χ1n) is 5.97. The van der Waals surface area contributed by atoms with Gasteiger partial charge < -0.3 is 0 Å². The number of rotatable bonds is 2. The van der Waals surface area contributed by atoms with E-state index in [1.54, 1.807) is 0 Å². The molecule has 3 rings (SSSR count). The van der Waals surface area contributed by atoms with Crippen LogP contribution in [0.3, 0.4) is 0 Å². The number of hydrogen-bond donors (Lipinski definition) is 0. The number of pyridine rings is 1. The molecule has 3 heteroatoms. The number of nitrogens with zero attached hydrogens (tertiary/aromatic N) is 3. The van der Waals surface area contributed by atoms with Gasteiger partial charge in [0.25, 0.3) is 0 Å². The lowest BCUT2D eigenvalue weighted by atomic mass is 10.0. The van der Waals surface area contributed by atoms with Gasteiger partial charge in [-0.15, -0.1) is 0 Å². The molecule has 0 amide bonds. The largest absolute Gasteiger partial charge is 0.289 e. The molecule has 16 heavy (non-hydrogen) atoms. The molecule has 82 valence electrons. The second-order valence-electron chi connectivity index (χ2n) is 4.26. The zero-order chi connectivity index (χ0) is 10.8. The number of aliphatic imine (C=N–C) groups is 2. The minimum atomic E-state index is 0.956. The summed E-state index contributed by atoms with van der Waals surface area (Å²) in [6, 6.07) is 4.13. The summed E-state index contributed by atoms with van der Waals surface area (Å²) in [6.07, 6.45) is 6.35. The molecule has 0 aromatic carbocycles. The second-order valence-corrected chi connectivity index (χ2v) is 4.26. The van der Waals surface area contributed by atoms with Crippen LogP contribution in [0.25, 0.3) is 0 Å². The first-order valence-corrected chi connectivity index (χ1v) is 5.97. The molecule has 0 fully saturated rings. The predicted molar refractivity (Wildman–Crippen MR) is 65.5 cm³/mol. The number of aromatic nitrogens is 1. The Balaban J connectivity index is 2.03. The van der Waals surface area contributed by atoms with Crippen molar-refractivity contribution in [1.82, 2.24) is 4.98 Å². The molecule has 3 heterocycles. The Labute approximate surface area is 95.3 Å². The van der Waals surface area contributed by atoms with Crippen LogP contribution in [-0.4, -0.2) is 29.5 Å². The summed E-state index contributed by atoms with van der Waals surface area (Å²) in [7, 11) is 0. The predicted octanol–water partition coefficient (Wildman–Crippen LogP) is 2.25. The maximum absolute atomic E-state index is 4.56.